The van der Waals surface area contributed by atoms with Gasteiger partial charge in [0, 0.05) is 16.6 Å². The summed E-state index contributed by atoms with van der Waals surface area (Å²) in [5.41, 5.74) is 7.36. The molecule has 3 N–H and O–H groups in total. The van der Waals surface area contributed by atoms with Crippen LogP contribution in [0.25, 0.3) is 0 Å². The zero-order valence-corrected chi connectivity index (χ0v) is 14.3. The van der Waals surface area contributed by atoms with Crippen LogP contribution in [0.1, 0.15) is 24.1 Å². The van der Waals surface area contributed by atoms with Crippen LogP contribution >= 0.6 is 39.7 Å². The Morgan fingerprint density at radius 2 is 2.10 bits per heavy atom. The maximum Gasteiger partial charge on any atom is 0.161 e. The van der Waals surface area contributed by atoms with Gasteiger partial charge in [-0.3, -0.25) is 0 Å². The van der Waals surface area contributed by atoms with E-state index in [0.29, 0.717) is 16.3 Å². The number of rotatable bonds is 4. The average molecular weight is 388 g/mol. The van der Waals surface area contributed by atoms with Gasteiger partial charge in [-0.2, -0.15) is 0 Å². The van der Waals surface area contributed by atoms with E-state index in [1.807, 2.05) is 25.1 Å². The zero-order valence-electron chi connectivity index (χ0n) is 11.2. The molecule has 0 saturated heterocycles. The van der Waals surface area contributed by atoms with Crippen LogP contribution in [-0.4, -0.2) is 4.99 Å². The number of nitrogens with two attached hydrogens (primary N) is 1. The molecule has 2 rings (SSSR count). The Bertz CT molecular complexity index is 693. The Labute approximate surface area is 141 Å². The van der Waals surface area contributed by atoms with E-state index in [2.05, 4.69) is 21.2 Å². The molecule has 0 amide bonds. The van der Waals surface area contributed by atoms with Crippen molar-refractivity contribution in [2.75, 3.05) is 5.32 Å². The van der Waals surface area contributed by atoms with Crippen molar-refractivity contribution in [3.63, 3.8) is 0 Å². The molecule has 0 spiro atoms. The number of hydrogen-bond donors (Lipinski definition) is 2. The van der Waals surface area contributed by atoms with Gasteiger partial charge >= 0.3 is 0 Å². The summed E-state index contributed by atoms with van der Waals surface area (Å²) in [5, 5.41) is 3.76. The summed E-state index contributed by atoms with van der Waals surface area (Å²) in [4.78, 5) is 0.148. The second-order valence-corrected chi connectivity index (χ2v) is 6.24. The Morgan fingerprint density at radius 1 is 1.38 bits per heavy atom. The largest absolute Gasteiger partial charge is 0.389 e. The highest BCUT2D eigenvalue weighted by atomic mass is 79.9. The maximum atomic E-state index is 14.3. The predicted molar refractivity (Wildman–Crippen MR) is 93.5 cm³/mol. The lowest BCUT2D eigenvalue weighted by molar-refractivity contribution is 0.620. The predicted octanol–water partition coefficient (Wildman–Crippen LogP) is 5.05. The van der Waals surface area contributed by atoms with Crippen LogP contribution in [-0.2, 0) is 0 Å². The van der Waals surface area contributed by atoms with Crippen LogP contribution in [0.3, 0.4) is 0 Å². The molecule has 0 heterocycles. The fraction of sp³-hybridized carbons (Fsp3) is 0.133. The minimum Gasteiger partial charge on any atom is -0.389 e. The summed E-state index contributed by atoms with van der Waals surface area (Å²) < 4.78 is 14.6. The van der Waals surface area contributed by atoms with Crippen molar-refractivity contribution in [2.24, 2.45) is 5.73 Å². The highest BCUT2D eigenvalue weighted by molar-refractivity contribution is 9.10. The fourth-order valence-corrected chi connectivity index (χ4v) is 3.00. The summed E-state index contributed by atoms with van der Waals surface area (Å²) in [6, 6.07) is 10.6. The van der Waals surface area contributed by atoms with Gasteiger partial charge in [0.25, 0.3) is 0 Å². The van der Waals surface area contributed by atoms with E-state index in [4.69, 9.17) is 29.6 Å². The van der Waals surface area contributed by atoms with Gasteiger partial charge in [0.15, 0.2) is 5.82 Å². The normalized spacial score (nSPS) is 12.0. The van der Waals surface area contributed by atoms with Crippen LogP contribution in [0.5, 0.6) is 0 Å². The van der Waals surface area contributed by atoms with Gasteiger partial charge in [-0.1, -0.05) is 36.0 Å². The smallest absolute Gasteiger partial charge is 0.161 e. The molecular weight excluding hydrogens is 375 g/mol. The van der Waals surface area contributed by atoms with Crippen LogP contribution in [0, 0.1) is 5.82 Å². The Morgan fingerprint density at radius 3 is 2.71 bits per heavy atom. The summed E-state index contributed by atoms with van der Waals surface area (Å²) in [7, 11) is 0. The summed E-state index contributed by atoms with van der Waals surface area (Å²) in [6.45, 7) is 1.93. The molecule has 0 aliphatic carbocycles. The molecule has 2 nitrogen and oxygen atoms in total. The third-order valence-corrected chi connectivity index (χ3v) is 4.30. The van der Waals surface area contributed by atoms with Crippen LogP contribution < -0.4 is 11.1 Å². The van der Waals surface area contributed by atoms with Crippen LogP contribution in [0.15, 0.2) is 40.9 Å². The van der Waals surface area contributed by atoms with Crippen LogP contribution in [0.4, 0.5) is 10.1 Å². The van der Waals surface area contributed by atoms with E-state index in [1.54, 1.807) is 18.2 Å². The van der Waals surface area contributed by atoms with Gasteiger partial charge < -0.3 is 11.1 Å². The lowest BCUT2D eigenvalue weighted by atomic mass is 10.1. The second kappa shape index (κ2) is 6.73. The Balaban J connectivity index is 2.28. The van der Waals surface area contributed by atoms with Crippen molar-refractivity contribution in [2.45, 2.75) is 13.0 Å². The zero-order chi connectivity index (χ0) is 15.6. The van der Waals surface area contributed by atoms with E-state index in [9.17, 15) is 4.39 Å². The third kappa shape index (κ3) is 3.73. The van der Waals surface area contributed by atoms with E-state index in [1.165, 1.54) is 0 Å². The molecule has 0 saturated carbocycles. The summed E-state index contributed by atoms with van der Waals surface area (Å²) in [5.74, 6) is -0.422. The number of anilines is 1. The van der Waals surface area contributed by atoms with Crippen molar-refractivity contribution >= 4 is 50.4 Å². The lowest BCUT2D eigenvalue weighted by Gasteiger charge is -2.18. The van der Waals surface area contributed by atoms with Gasteiger partial charge in [0.05, 0.1) is 10.2 Å². The molecule has 21 heavy (non-hydrogen) atoms. The third-order valence-electron chi connectivity index (χ3n) is 3.07. The number of halogens is 3. The Kier molecular flexibility index (Phi) is 5.19. The van der Waals surface area contributed by atoms with Gasteiger partial charge in [-0.15, -0.1) is 0 Å². The van der Waals surface area contributed by atoms with Gasteiger partial charge in [0.1, 0.15) is 4.99 Å². The van der Waals surface area contributed by atoms with E-state index in [-0.39, 0.29) is 15.5 Å². The SMILES string of the molecule is CC(Nc1ccc(C(N)=S)c(Br)c1F)c1cccc(Cl)c1. The lowest BCUT2D eigenvalue weighted by Crippen LogP contribution is -2.13. The fourth-order valence-electron chi connectivity index (χ4n) is 1.94. The summed E-state index contributed by atoms with van der Waals surface area (Å²) in [6.07, 6.45) is 0. The molecule has 0 aromatic heterocycles. The standard InChI is InChI=1S/C15H13BrClFN2S/c1-8(9-3-2-4-10(17)7-9)20-12-6-5-11(15(19)21)13(16)14(12)18/h2-8,20H,1H3,(H2,19,21). The average Bonchev–Trinajstić information content (AvgIpc) is 2.43. The van der Waals surface area contributed by atoms with Crippen molar-refractivity contribution in [3.05, 3.63) is 62.8 Å². The molecular formula is C15H13BrClFN2S. The number of benzene rings is 2. The molecule has 2 aromatic carbocycles. The van der Waals surface area contributed by atoms with Crippen molar-refractivity contribution in [1.29, 1.82) is 0 Å². The first-order chi connectivity index (χ1) is 9.90. The highest BCUT2D eigenvalue weighted by Gasteiger charge is 2.15. The van der Waals surface area contributed by atoms with Crippen molar-refractivity contribution < 1.29 is 4.39 Å². The monoisotopic (exact) mass is 386 g/mol. The van der Waals surface area contributed by atoms with Gasteiger partial charge in [0.2, 0.25) is 0 Å². The van der Waals surface area contributed by atoms with E-state index < -0.39 is 5.82 Å². The van der Waals surface area contributed by atoms with E-state index in [0.717, 1.165) is 5.56 Å². The molecule has 0 aliphatic rings. The first-order valence-corrected chi connectivity index (χ1v) is 7.78. The topological polar surface area (TPSA) is 38.0 Å². The number of hydrogen-bond acceptors (Lipinski definition) is 2. The quantitative estimate of drug-likeness (QED) is 0.721. The maximum absolute atomic E-state index is 14.3. The van der Waals surface area contributed by atoms with Crippen LogP contribution in [0.2, 0.25) is 5.02 Å². The van der Waals surface area contributed by atoms with Gasteiger partial charge in [-0.05, 0) is 52.7 Å². The first kappa shape index (κ1) is 16.2. The second-order valence-electron chi connectivity index (χ2n) is 4.57. The molecule has 0 bridgehead atoms. The highest BCUT2D eigenvalue weighted by Crippen LogP contribution is 2.30. The van der Waals surface area contributed by atoms with Crippen molar-refractivity contribution in [1.82, 2.24) is 0 Å². The minimum atomic E-state index is -0.422. The molecule has 110 valence electrons. The van der Waals surface area contributed by atoms with Crippen molar-refractivity contribution in [3.8, 4) is 0 Å². The molecule has 1 atom stereocenters. The molecule has 2 aromatic rings. The molecule has 0 radical (unpaired) electrons. The number of thiocarbonyl (C=S) groups is 1. The first-order valence-electron chi connectivity index (χ1n) is 6.20. The Hall–Kier alpha value is -1.17. The molecule has 0 fully saturated rings. The molecule has 6 heteroatoms. The molecule has 0 aliphatic heterocycles. The minimum absolute atomic E-state index is 0.0965. The van der Waals surface area contributed by atoms with E-state index >= 15 is 0 Å². The number of nitrogens with one attached hydrogen (secondary N) is 1. The van der Waals surface area contributed by atoms with Gasteiger partial charge in [-0.25, -0.2) is 4.39 Å². The molecule has 1 unspecified atom stereocenters. The summed E-state index contributed by atoms with van der Waals surface area (Å²) >= 11 is 14.0.